The molecule has 0 unspecified atom stereocenters. The van der Waals surface area contributed by atoms with Crippen molar-refractivity contribution in [1.82, 2.24) is 9.62 Å². The number of carbonyl (C=O) groups is 1. The number of benzene rings is 2. The normalized spacial score (nSPS) is 15.2. The lowest BCUT2D eigenvalue weighted by Gasteiger charge is -2.32. The lowest BCUT2D eigenvalue weighted by atomic mass is 10.0. The Morgan fingerprint density at radius 1 is 1.00 bits per heavy atom. The van der Waals surface area contributed by atoms with Gasteiger partial charge in [-0.1, -0.05) is 17.7 Å². The summed E-state index contributed by atoms with van der Waals surface area (Å²) in [6.45, 7) is 2.87. The predicted octanol–water partition coefficient (Wildman–Crippen LogP) is 2.60. The van der Waals surface area contributed by atoms with E-state index in [2.05, 4.69) is 4.72 Å². The summed E-state index contributed by atoms with van der Waals surface area (Å²) in [6.07, 6.45) is 1.12. The van der Waals surface area contributed by atoms with Gasteiger partial charge in [0.2, 0.25) is 10.0 Å². The Kier molecular flexibility index (Phi) is 6.44. The Bertz CT molecular complexity index is 965. The number of hydrogen-bond donors (Lipinski definition) is 1. The molecule has 1 aliphatic rings. The van der Waals surface area contributed by atoms with Crippen LogP contribution in [0.15, 0.2) is 47.4 Å². The molecule has 0 aromatic heterocycles. The summed E-state index contributed by atoms with van der Waals surface area (Å²) in [5, 5.41) is 0. The highest BCUT2D eigenvalue weighted by Gasteiger charge is 2.27. The number of amides is 1. The molecule has 7 nitrogen and oxygen atoms in total. The third-order valence-electron chi connectivity index (χ3n) is 5.07. The van der Waals surface area contributed by atoms with E-state index < -0.39 is 10.0 Å². The smallest absolute Gasteiger partial charge is 0.253 e. The Labute approximate surface area is 171 Å². The van der Waals surface area contributed by atoms with Crippen molar-refractivity contribution in [2.75, 3.05) is 27.3 Å². The molecule has 3 rings (SSSR count). The van der Waals surface area contributed by atoms with E-state index >= 15 is 0 Å². The van der Waals surface area contributed by atoms with Gasteiger partial charge in [-0.05, 0) is 50.1 Å². The zero-order valence-electron chi connectivity index (χ0n) is 16.8. The molecule has 1 aliphatic heterocycles. The van der Waals surface area contributed by atoms with Crippen molar-refractivity contribution < 1.29 is 22.7 Å². The lowest BCUT2D eigenvalue weighted by molar-refractivity contribution is 0.0711. The van der Waals surface area contributed by atoms with E-state index in [4.69, 9.17) is 9.47 Å². The van der Waals surface area contributed by atoms with Crippen LogP contribution in [0.1, 0.15) is 28.8 Å². The third-order valence-corrected chi connectivity index (χ3v) is 6.60. The first-order chi connectivity index (χ1) is 13.8. The molecule has 29 heavy (non-hydrogen) atoms. The molecule has 1 heterocycles. The highest BCUT2D eigenvalue weighted by Crippen LogP contribution is 2.28. The van der Waals surface area contributed by atoms with Gasteiger partial charge < -0.3 is 14.4 Å². The number of methoxy groups -OCH3 is 2. The van der Waals surface area contributed by atoms with Crippen LogP contribution in [0.5, 0.6) is 11.5 Å². The number of piperidine rings is 1. The summed E-state index contributed by atoms with van der Waals surface area (Å²) >= 11 is 0. The van der Waals surface area contributed by atoms with E-state index in [0.29, 0.717) is 43.0 Å². The second kappa shape index (κ2) is 8.84. The van der Waals surface area contributed by atoms with E-state index in [1.54, 1.807) is 54.5 Å². The maximum Gasteiger partial charge on any atom is 0.253 e. The van der Waals surface area contributed by atoms with Crippen LogP contribution in [0.25, 0.3) is 0 Å². The van der Waals surface area contributed by atoms with Crippen molar-refractivity contribution in [3.05, 3.63) is 53.6 Å². The molecule has 2 aromatic rings. The summed E-state index contributed by atoms with van der Waals surface area (Å²) in [6, 6.07) is 11.6. The number of likely N-dealkylation sites (tertiary alicyclic amines) is 1. The first-order valence-electron chi connectivity index (χ1n) is 9.44. The molecule has 0 spiro atoms. The molecule has 0 saturated carbocycles. The monoisotopic (exact) mass is 418 g/mol. The van der Waals surface area contributed by atoms with Gasteiger partial charge in [0.1, 0.15) is 0 Å². The molecule has 1 saturated heterocycles. The van der Waals surface area contributed by atoms with Crippen LogP contribution in [-0.2, 0) is 10.0 Å². The summed E-state index contributed by atoms with van der Waals surface area (Å²) in [4.78, 5) is 14.8. The summed E-state index contributed by atoms with van der Waals surface area (Å²) in [5.74, 6) is 0.957. The van der Waals surface area contributed by atoms with Crippen molar-refractivity contribution in [3.8, 4) is 11.5 Å². The number of ether oxygens (including phenoxy) is 2. The molecule has 1 fully saturated rings. The number of sulfonamides is 1. The largest absolute Gasteiger partial charge is 0.493 e. The van der Waals surface area contributed by atoms with Crippen LogP contribution in [0, 0.1) is 6.92 Å². The van der Waals surface area contributed by atoms with Gasteiger partial charge in [-0.25, -0.2) is 13.1 Å². The molecule has 0 aliphatic carbocycles. The van der Waals surface area contributed by atoms with Crippen LogP contribution in [0.3, 0.4) is 0 Å². The van der Waals surface area contributed by atoms with Crippen LogP contribution >= 0.6 is 0 Å². The quantitative estimate of drug-likeness (QED) is 0.779. The van der Waals surface area contributed by atoms with Crippen molar-refractivity contribution in [2.24, 2.45) is 0 Å². The molecule has 156 valence electrons. The molecule has 0 radical (unpaired) electrons. The second-order valence-electron chi connectivity index (χ2n) is 7.07. The number of rotatable bonds is 6. The van der Waals surface area contributed by atoms with Crippen molar-refractivity contribution >= 4 is 15.9 Å². The molecular weight excluding hydrogens is 392 g/mol. The van der Waals surface area contributed by atoms with Crippen molar-refractivity contribution in [2.45, 2.75) is 30.7 Å². The third kappa shape index (κ3) is 4.89. The summed E-state index contributed by atoms with van der Waals surface area (Å²) in [5.41, 5.74) is 1.52. The standard InChI is InChI=1S/C21H26N2O5S/c1-15-4-7-18(8-5-15)29(25,26)22-17-10-12-23(13-11-17)21(24)16-6-9-19(27-2)20(14-16)28-3/h4-9,14,17,22H,10-13H2,1-3H3. The average molecular weight is 419 g/mol. The van der Waals surface area contributed by atoms with Gasteiger partial charge in [-0.15, -0.1) is 0 Å². The number of nitrogens with zero attached hydrogens (tertiary/aromatic N) is 1. The minimum atomic E-state index is -3.57. The van der Waals surface area contributed by atoms with Gasteiger partial charge in [-0.3, -0.25) is 4.79 Å². The average Bonchev–Trinajstić information content (AvgIpc) is 2.73. The van der Waals surface area contributed by atoms with Gasteiger partial charge in [0.05, 0.1) is 19.1 Å². The zero-order chi connectivity index (χ0) is 21.0. The second-order valence-corrected chi connectivity index (χ2v) is 8.78. The number of aryl methyl sites for hydroxylation is 1. The molecule has 2 aromatic carbocycles. The SMILES string of the molecule is COc1ccc(C(=O)N2CCC(NS(=O)(=O)c3ccc(C)cc3)CC2)cc1OC. The van der Waals surface area contributed by atoms with E-state index in [1.807, 2.05) is 6.92 Å². The molecule has 8 heteroatoms. The van der Waals surface area contributed by atoms with E-state index in [9.17, 15) is 13.2 Å². The fraction of sp³-hybridized carbons (Fsp3) is 0.381. The number of nitrogens with one attached hydrogen (secondary N) is 1. The zero-order valence-corrected chi connectivity index (χ0v) is 17.7. The van der Waals surface area contributed by atoms with Crippen molar-refractivity contribution in [1.29, 1.82) is 0 Å². The van der Waals surface area contributed by atoms with E-state index in [1.165, 1.54) is 7.11 Å². The van der Waals surface area contributed by atoms with E-state index in [0.717, 1.165) is 5.56 Å². The van der Waals surface area contributed by atoms with E-state index in [-0.39, 0.29) is 16.8 Å². The Morgan fingerprint density at radius 3 is 2.21 bits per heavy atom. The van der Waals surface area contributed by atoms with Crippen LogP contribution < -0.4 is 14.2 Å². The fourth-order valence-electron chi connectivity index (χ4n) is 3.36. The fourth-order valence-corrected chi connectivity index (χ4v) is 4.66. The Morgan fingerprint density at radius 2 is 1.62 bits per heavy atom. The first kappa shape index (κ1) is 21.1. The highest BCUT2D eigenvalue weighted by molar-refractivity contribution is 7.89. The molecule has 0 atom stereocenters. The number of hydrogen-bond acceptors (Lipinski definition) is 5. The topological polar surface area (TPSA) is 84.9 Å². The van der Waals surface area contributed by atoms with Crippen LogP contribution in [0.4, 0.5) is 0 Å². The van der Waals surface area contributed by atoms with Crippen LogP contribution in [0.2, 0.25) is 0 Å². The minimum absolute atomic E-state index is 0.106. The van der Waals surface area contributed by atoms with Gasteiger partial charge in [-0.2, -0.15) is 0 Å². The predicted molar refractivity (Wildman–Crippen MR) is 110 cm³/mol. The first-order valence-corrected chi connectivity index (χ1v) is 10.9. The lowest BCUT2D eigenvalue weighted by Crippen LogP contribution is -2.46. The molecule has 1 amide bonds. The minimum Gasteiger partial charge on any atom is -0.493 e. The van der Waals surface area contributed by atoms with Crippen LogP contribution in [-0.4, -0.2) is 52.6 Å². The van der Waals surface area contributed by atoms with Gasteiger partial charge in [0.25, 0.3) is 5.91 Å². The highest BCUT2D eigenvalue weighted by atomic mass is 32.2. The number of carbonyl (C=O) groups excluding carboxylic acids is 1. The summed E-state index contributed by atoms with van der Waals surface area (Å²) in [7, 11) is -0.498. The van der Waals surface area contributed by atoms with Gasteiger partial charge in [0, 0.05) is 24.7 Å². The molecule has 1 N–H and O–H groups in total. The summed E-state index contributed by atoms with van der Waals surface area (Å²) < 4.78 is 38.4. The Balaban J connectivity index is 1.61. The van der Waals surface area contributed by atoms with Gasteiger partial charge in [0.15, 0.2) is 11.5 Å². The molecule has 0 bridgehead atoms. The van der Waals surface area contributed by atoms with Crippen molar-refractivity contribution in [3.63, 3.8) is 0 Å². The maximum absolute atomic E-state index is 12.8. The molecular formula is C21H26N2O5S. The maximum atomic E-state index is 12.8. The Hall–Kier alpha value is -2.58. The van der Waals surface area contributed by atoms with Gasteiger partial charge >= 0.3 is 0 Å².